The standard InChI is InChI=1S/C36H44BP/c1-21-13-25(5)33(26(6)14-21)37(34-27(7)15-22(2)16-28(34)8)38(35-29(9)17-23(3)18-30(35)10)36-31(11)19-24(4)20-32(36)12/h13-20H,1-12H3. The van der Waals surface area contributed by atoms with Crippen molar-refractivity contribution in [3.05, 3.63) is 115 Å². The molecular weight excluding hydrogens is 474 g/mol. The van der Waals surface area contributed by atoms with Gasteiger partial charge in [-0.25, -0.2) is 0 Å². The van der Waals surface area contributed by atoms with Crippen molar-refractivity contribution < 1.29 is 0 Å². The van der Waals surface area contributed by atoms with Crippen LogP contribution in [0, 0.1) is 83.1 Å². The summed E-state index contributed by atoms with van der Waals surface area (Å²) in [6.45, 7) is 27.6. The number of rotatable bonds is 5. The molecule has 0 radical (unpaired) electrons. The van der Waals surface area contributed by atoms with Gasteiger partial charge in [0.25, 0.3) is 0 Å². The van der Waals surface area contributed by atoms with E-state index < -0.39 is 7.80 Å². The molecule has 38 heavy (non-hydrogen) atoms. The molecule has 4 aromatic rings. The zero-order valence-electron chi connectivity index (χ0n) is 25.6. The van der Waals surface area contributed by atoms with Crippen LogP contribution in [0.4, 0.5) is 0 Å². The Bertz CT molecular complexity index is 1220. The maximum atomic E-state index is 2.40. The monoisotopic (exact) mass is 518 g/mol. The first-order valence-corrected chi connectivity index (χ1v) is 15.3. The molecule has 0 unspecified atom stereocenters. The molecule has 0 fully saturated rings. The summed E-state index contributed by atoms with van der Waals surface area (Å²) in [6.07, 6.45) is 0.270. The Morgan fingerprint density at radius 3 is 0.789 bits per heavy atom. The molecule has 0 bridgehead atoms. The zero-order valence-corrected chi connectivity index (χ0v) is 26.5. The molecule has 0 nitrogen and oxygen atoms in total. The molecule has 2 heteroatoms. The summed E-state index contributed by atoms with van der Waals surface area (Å²) in [4.78, 5) is 0. The van der Waals surface area contributed by atoms with E-state index in [2.05, 4.69) is 132 Å². The van der Waals surface area contributed by atoms with E-state index in [1.54, 1.807) is 10.6 Å². The second-order valence-electron chi connectivity index (χ2n) is 11.9. The summed E-state index contributed by atoms with van der Waals surface area (Å²) in [7, 11) is -0.759. The van der Waals surface area contributed by atoms with Gasteiger partial charge in [0.2, 0.25) is 6.43 Å². The van der Waals surface area contributed by atoms with Crippen molar-refractivity contribution >= 4 is 35.8 Å². The fourth-order valence-corrected chi connectivity index (χ4v) is 11.0. The number of benzene rings is 4. The molecule has 0 aromatic heterocycles. The van der Waals surface area contributed by atoms with Crippen LogP contribution >= 0.6 is 7.80 Å². The van der Waals surface area contributed by atoms with E-state index in [1.165, 1.54) is 77.7 Å². The molecule has 0 amide bonds. The Balaban J connectivity index is 2.24. The Kier molecular flexibility index (Phi) is 8.11. The summed E-state index contributed by atoms with van der Waals surface area (Å²) < 4.78 is 0. The average molecular weight is 519 g/mol. The van der Waals surface area contributed by atoms with Gasteiger partial charge in [-0.3, -0.25) is 0 Å². The molecule has 0 aliphatic carbocycles. The van der Waals surface area contributed by atoms with E-state index in [4.69, 9.17) is 0 Å². The molecule has 0 aliphatic rings. The molecule has 0 aliphatic heterocycles. The lowest BCUT2D eigenvalue weighted by atomic mass is 9.56. The van der Waals surface area contributed by atoms with Gasteiger partial charge in [0.05, 0.1) is 0 Å². The van der Waals surface area contributed by atoms with Gasteiger partial charge >= 0.3 is 0 Å². The lowest BCUT2D eigenvalue weighted by Crippen LogP contribution is -2.51. The van der Waals surface area contributed by atoms with Crippen LogP contribution in [-0.2, 0) is 0 Å². The molecular formula is C36H44BP. The minimum absolute atomic E-state index is 0.270. The smallest absolute Gasteiger partial charge is 0.0662 e. The maximum Gasteiger partial charge on any atom is 0.248 e. The van der Waals surface area contributed by atoms with Gasteiger partial charge in [-0.1, -0.05) is 112 Å². The Morgan fingerprint density at radius 1 is 0.342 bits per heavy atom. The zero-order chi connectivity index (χ0) is 28.0. The van der Waals surface area contributed by atoms with Crippen LogP contribution < -0.4 is 21.5 Å². The summed E-state index contributed by atoms with van der Waals surface area (Å²) in [5.74, 6) is 0. The van der Waals surface area contributed by atoms with Crippen LogP contribution in [0.3, 0.4) is 0 Å². The van der Waals surface area contributed by atoms with Crippen LogP contribution in [0.25, 0.3) is 0 Å². The highest BCUT2D eigenvalue weighted by Gasteiger charge is 2.38. The first-order chi connectivity index (χ1) is 17.8. The molecule has 0 N–H and O–H groups in total. The SMILES string of the molecule is Cc1cc(C)c(B(c2c(C)cc(C)cc2C)P(c2c(C)cc(C)cc2C)c2c(C)cc(C)cc2C)c(C)c1. The van der Waals surface area contributed by atoms with Crippen molar-refractivity contribution in [1.29, 1.82) is 0 Å². The van der Waals surface area contributed by atoms with Gasteiger partial charge in [0.1, 0.15) is 0 Å². The van der Waals surface area contributed by atoms with Crippen molar-refractivity contribution in [3.8, 4) is 0 Å². The molecule has 0 saturated heterocycles. The van der Waals surface area contributed by atoms with Crippen molar-refractivity contribution in [2.45, 2.75) is 83.1 Å². The third-order valence-corrected chi connectivity index (χ3v) is 11.4. The minimum atomic E-state index is -0.759. The van der Waals surface area contributed by atoms with Gasteiger partial charge in [0.15, 0.2) is 0 Å². The Labute approximate surface area is 233 Å². The topological polar surface area (TPSA) is 0 Å². The maximum absolute atomic E-state index is 2.40. The molecule has 0 saturated carbocycles. The first-order valence-electron chi connectivity index (χ1n) is 13.9. The van der Waals surface area contributed by atoms with Gasteiger partial charge in [0, 0.05) is 0 Å². The van der Waals surface area contributed by atoms with E-state index in [-0.39, 0.29) is 6.43 Å². The predicted molar refractivity (Wildman–Crippen MR) is 174 cm³/mol. The molecule has 4 rings (SSSR count). The van der Waals surface area contributed by atoms with Gasteiger partial charge in [-0.2, -0.15) is 0 Å². The largest absolute Gasteiger partial charge is 0.248 e. The summed E-state index contributed by atoms with van der Waals surface area (Å²) >= 11 is 0. The van der Waals surface area contributed by atoms with E-state index in [1.807, 2.05) is 0 Å². The van der Waals surface area contributed by atoms with Crippen molar-refractivity contribution in [2.75, 3.05) is 0 Å². The highest BCUT2D eigenvalue weighted by molar-refractivity contribution is 8.04. The lowest BCUT2D eigenvalue weighted by molar-refractivity contribution is 1.34. The highest BCUT2D eigenvalue weighted by Crippen LogP contribution is 2.43. The number of hydrogen-bond acceptors (Lipinski definition) is 0. The average Bonchev–Trinajstić information content (AvgIpc) is 2.74. The van der Waals surface area contributed by atoms with Crippen molar-refractivity contribution in [3.63, 3.8) is 0 Å². The van der Waals surface area contributed by atoms with Crippen LogP contribution in [0.1, 0.15) is 66.8 Å². The highest BCUT2D eigenvalue weighted by atomic mass is 31.1. The number of aryl methyl sites for hydroxylation is 12. The van der Waals surface area contributed by atoms with E-state index in [9.17, 15) is 0 Å². The lowest BCUT2D eigenvalue weighted by Gasteiger charge is -2.35. The second-order valence-corrected chi connectivity index (χ2v) is 14.0. The normalized spacial score (nSPS) is 11.4. The quantitative estimate of drug-likeness (QED) is 0.188. The fraction of sp³-hybridized carbons (Fsp3) is 0.333. The third kappa shape index (κ3) is 5.28. The van der Waals surface area contributed by atoms with E-state index in [0.29, 0.717) is 0 Å². The van der Waals surface area contributed by atoms with Gasteiger partial charge in [-0.05, 0) is 116 Å². The van der Waals surface area contributed by atoms with Crippen LogP contribution in [-0.4, -0.2) is 6.43 Å². The molecule has 196 valence electrons. The molecule has 4 aromatic carbocycles. The first kappa shape index (κ1) is 28.4. The second kappa shape index (κ2) is 10.9. The minimum Gasteiger partial charge on any atom is -0.0662 e. The number of hydrogen-bond donors (Lipinski definition) is 0. The van der Waals surface area contributed by atoms with E-state index >= 15 is 0 Å². The third-order valence-electron chi connectivity index (χ3n) is 8.03. The van der Waals surface area contributed by atoms with E-state index in [0.717, 1.165) is 0 Å². The summed E-state index contributed by atoms with van der Waals surface area (Å²) in [5, 5.41) is 3.09. The van der Waals surface area contributed by atoms with Gasteiger partial charge in [-0.15, -0.1) is 0 Å². The predicted octanol–water partition coefficient (Wildman–Crippen LogP) is 7.63. The Morgan fingerprint density at radius 2 is 0.553 bits per heavy atom. The van der Waals surface area contributed by atoms with Crippen molar-refractivity contribution in [2.24, 2.45) is 0 Å². The van der Waals surface area contributed by atoms with Crippen LogP contribution in [0.15, 0.2) is 48.5 Å². The summed E-state index contributed by atoms with van der Waals surface area (Å²) in [6, 6.07) is 19.2. The van der Waals surface area contributed by atoms with Crippen LogP contribution in [0.5, 0.6) is 0 Å². The van der Waals surface area contributed by atoms with Gasteiger partial charge < -0.3 is 0 Å². The van der Waals surface area contributed by atoms with Crippen LogP contribution in [0.2, 0.25) is 0 Å². The molecule has 0 spiro atoms. The molecule has 0 atom stereocenters. The molecule has 0 heterocycles. The van der Waals surface area contributed by atoms with Crippen molar-refractivity contribution in [1.82, 2.24) is 0 Å². The summed E-state index contributed by atoms with van der Waals surface area (Å²) in [5.41, 5.74) is 19.7. The Hall–Kier alpha value is -2.63. The fourth-order valence-electron chi connectivity index (χ4n) is 7.12.